The lowest BCUT2D eigenvalue weighted by atomic mass is 10.1. The van der Waals surface area contributed by atoms with Crippen LogP contribution in [0.2, 0.25) is 0 Å². The smallest absolute Gasteiger partial charge is 0.322 e. The highest BCUT2D eigenvalue weighted by molar-refractivity contribution is 7.89. The Morgan fingerprint density at radius 2 is 1.86 bits per heavy atom. The number of nitrogens with one attached hydrogen (secondary N) is 3. The van der Waals surface area contributed by atoms with E-state index in [1.54, 1.807) is 0 Å². The van der Waals surface area contributed by atoms with Crippen LogP contribution < -0.4 is 15.4 Å². The van der Waals surface area contributed by atoms with Gasteiger partial charge >= 0.3 is 6.03 Å². The Kier molecular flexibility index (Phi) is 4.92. The quantitative estimate of drug-likeness (QED) is 0.604. The van der Waals surface area contributed by atoms with Gasteiger partial charge in [0.05, 0.1) is 5.75 Å². The van der Waals surface area contributed by atoms with E-state index < -0.39 is 28.0 Å². The largest absolute Gasteiger partial charge is 0.325 e. The number of carbonyl (C=O) groups is 2. The average Bonchev–Trinajstić information content (AvgIpc) is 2.76. The summed E-state index contributed by atoms with van der Waals surface area (Å²) < 4.78 is 26.0. The molecule has 0 radical (unpaired) electrons. The molecule has 1 aromatic carbocycles. The van der Waals surface area contributed by atoms with Crippen molar-refractivity contribution in [3.05, 3.63) is 35.9 Å². The van der Waals surface area contributed by atoms with E-state index in [1.165, 1.54) is 0 Å². The molecule has 0 aliphatic carbocycles. The first-order chi connectivity index (χ1) is 9.96. The standard InChI is InChI=1S/C13H17N3O4S/c17-12-11(15-13(18)16-12)9-14-21(19,20)8-4-7-10-5-2-1-3-6-10/h1-3,5-6,11,14H,4,7-9H2,(H2,15,16,17,18). The molecule has 114 valence electrons. The normalized spacial score (nSPS) is 18.4. The summed E-state index contributed by atoms with van der Waals surface area (Å²) >= 11 is 0. The molecule has 2 rings (SSSR count). The maximum Gasteiger partial charge on any atom is 0.322 e. The number of benzene rings is 1. The van der Waals surface area contributed by atoms with Crippen molar-refractivity contribution in [2.75, 3.05) is 12.3 Å². The van der Waals surface area contributed by atoms with Crippen LogP contribution in [0.3, 0.4) is 0 Å². The number of sulfonamides is 1. The summed E-state index contributed by atoms with van der Waals surface area (Å²) in [6, 6.07) is 8.15. The van der Waals surface area contributed by atoms with Gasteiger partial charge in [-0.25, -0.2) is 17.9 Å². The molecule has 1 aromatic rings. The van der Waals surface area contributed by atoms with Gasteiger partial charge in [0.15, 0.2) is 0 Å². The van der Waals surface area contributed by atoms with Gasteiger partial charge in [-0.2, -0.15) is 0 Å². The summed E-state index contributed by atoms with van der Waals surface area (Å²) in [4.78, 5) is 22.2. The molecule has 1 heterocycles. The van der Waals surface area contributed by atoms with Crippen LogP contribution in [-0.4, -0.2) is 38.7 Å². The number of hydrogen-bond acceptors (Lipinski definition) is 4. The molecule has 21 heavy (non-hydrogen) atoms. The first-order valence-electron chi connectivity index (χ1n) is 6.59. The van der Waals surface area contributed by atoms with Gasteiger partial charge < -0.3 is 5.32 Å². The maximum atomic E-state index is 11.8. The van der Waals surface area contributed by atoms with E-state index in [9.17, 15) is 18.0 Å². The molecule has 1 aliphatic heterocycles. The summed E-state index contributed by atoms with van der Waals surface area (Å²) in [5.74, 6) is -0.545. The minimum absolute atomic E-state index is 0.0236. The van der Waals surface area contributed by atoms with Crippen LogP contribution in [0.15, 0.2) is 30.3 Å². The summed E-state index contributed by atoms with van der Waals surface area (Å²) in [6.45, 7) is -0.134. The van der Waals surface area contributed by atoms with Crippen LogP contribution in [0.5, 0.6) is 0 Å². The first-order valence-corrected chi connectivity index (χ1v) is 8.24. The Bertz CT molecular complexity index is 616. The van der Waals surface area contributed by atoms with Crippen molar-refractivity contribution in [1.29, 1.82) is 0 Å². The van der Waals surface area contributed by atoms with Gasteiger partial charge in [0, 0.05) is 6.54 Å². The fourth-order valence-corrected chi connectivity index (χ4v) is 3.09. The monoisotopic (exact) mass is 311 g/mol. The lowest BCUT2D eigenvalue weighted by molar-refractivity contribution is -0.120. The van der Waals surface area contributed by atoms with Crippen molar-refractivity contribution in [2.45, 2.75) is 18.9 Å². The Balaban J connectivity index is 1.74. The highest BCUT2D eigenvalue weighted by atomic mass is 32.2. The van der Waals surface area contributed by atoms with Crippen LogP contribution in [0, 0.1) is 0 Å². The zero-order valence-corrected chi connectivity index (χ0v) is 12.2. The van der Waals surface area contributed by atoms with Gasteiger partial charge in [-0.1, -0.05) is 30.3 Å². The van der Waals surface area contributed by atoms with Crippen molar-refractivity contribution in [3.8, 4) is 0 Å². The predicted octanol–water partition coefficient (Wildman–Crippen LogP) is -0.253. The minimum atomic E-state index is -3.46. The molecule has 1 saturated heterocycles. The lowest BCUT2D eigenvalue weighted by Crippen LogP contribution is -2.42. The van der Waals surface area contributed by atoms with Gasteiger partial charge in [-0.05, 0) is 18.4 Å². The molecule has 0 bridgehead atoms. The Morgan fingerprint density at radius 3 is 2.48 bits per heavy atom. The Hall–Kier alpha value is -1.93. The molecule has 0 aromatic heterocycles. The number of amides is 3. The van der Waals surface area contributed by atoms with Crippen LogP contribution >= 0.6 is 0 Å². The molecule has 3 amide bonds. The average molecular weight is 311 g/mol. The zero-order valence-electron chi connectivity index (χ0n) is 11.3. The molecule has 1 atom stereocenters. The van der Waals surface area contributed by atoms with E-state index in [2.05, 4.69) is 10.0 Å². The van der Waals surface area contributed by atoms with Crippen molar-refractivity contribution < 1.29 is 18.0 Å². The van der Waals surface area contributed by atoms with Crippen molar-refractivity contribution in [1.82, 2.24) is 15.4 Å². The second-order valence-corrected chi connectivity index (χ2v) is 6.70. The van der Waals surface area contributed by atoms with Gasteiger partial charge in [-0.15, -0.1) is 0 Å². The molecule has 3 N–H and O–H groups in total. The predicted molar refractivity (Wildman–Crippen MR) is 77.0 cm³/mol. The van der Waals surface area contributed by atoms with Crippen LogP contribution in [0.4, 0.5) is 4.79 Å². The molecule has 0 spiro atoms. The molecular weight excluding hydrogens is 294 g/mol. The zero-order chi connectivity index (χ0) is 15.3. The van der Waals surface area contributed by atoms with E-state index in [0.29, 0.717) is 12.8 Å². The highest BCUT2D eigenvalue weighted by Crippen LogP contribution is 2.03. The number of urea groups is 1. The van der Waals surface area contributed by atoms with Gasteiger partial charge in [0.2, 0.25) is 10.0 Å². The molecule has 0 saturated carbocycles. The molecule has 1 aliphatic rings. The summed E-state index contributed by atoms with van der Waals surface area (Å²) in [7, 11) is -3.46. The number of carbonyl (C=O) groups excluding carboxylic acids is 2. The highest BCUT2D eigenvalue weighted by Gasteiger charge is 2.30. The SMILES string of the molecule is O=C1NC(=O)C(CNS(=O)(=O)CCCc2ccccc2)N1. The van der Waals surface area contributed by atoms with Crippen molar-refractivity contribution in [2.24, 2.45) is 0 Å². The number of hydrogen-bond donors (Lipinski definition) is 3. The topological polar surface area (TPSA) is 104 Å². The van der Waals surface area contributed by atoms with Gasteiger partial charge in [0.25, 0.3) is 5.91 Å². The van der Waals surface area contributed by atoms with E-state index in [0.717, 1.165) is 5.56 Å². The fraction of sp³-hybridized carbons (Fsp3) is 0.385. The van der Waals surface area contributed by atoms with E-state index >= 15 is 0 Å². The van der Waals surface area contributed by atoms with Gasteiger partial charge in [-0.3, -0.25) is 10.1 Å². The van der Waals surface area contributed by atoms with Gasteiger partial charge in [0.1, 0.15) is 6.04 Å². The fourth-order valence-electron chi connectivity index (χ4n) is 2.00. The Morgan fingerprint density at radius 1 is 1.14 bits per heavy atom. The third kappa shape index (κ3) is 4.83. The molecule has 8 heteroatoms. The lowest BCUT2D eigenvalue weighted by Gasteiger charge is -2.10. The number of aryl methyl sites for hydroxylation is 1. The maximum absolute atomic E-state index is 11.8. The van der Waals surface area contributed by atoms with Crippen LogP contribution in [0.25, 0.3) is 0 Å². The second-order valence-electron chi connectivity index (χ2n) is 4.77. The molecule has 1 unspecified atom stereocenters. The van der Waals surface area contributed by atoms with E-state index in [4.69, 9.17) is 0 Å². The minimum Gasteiger partial charge on any atom is -0.325 e. The van der Waals surface area contributed by atoms with Crippen LogP contribution in [-0.2, 0) is 21.2 Å². The number of imide groups is 1. The molecular formula is C13H17N3O4S. The summed E-state index contributed by atoms with van der Waals surface area (Å²) in [6.07, 6.45) is 1.16. The second kappa shape index (κ2) is 6.68. The summed E-state index contributed by atoms with van der Waals surface area (Å²) in [5, 5.41) is 4.38. The first kappa shape index (κ1) is 15.5. The molecule has 1 fully saturated rings. The Labute approximate surface area is 123 Å². The third-order valence-electron chi connectivity index (χ3n) is 3.09. The number of rotatable bonds is 7. The third-order valence-corrected chi connectivity index (χ3v) is 4.52. The van der Waals surface area contributed by atoms with Crippen molar-refractivity contribution >= 4 is 22.0 Å². The summed E-state index contributed by atoms with van der Waals surface area (Å²) in [5.41, 5.74) is 1.08. The van der Waals surface area contributed by atoms with E-state index in [1.807, 2.05) is 35.6 Å². The van der Waals surface area contributed by atoms with Crippen LogP contribution in [0.1, 0.15) is 12.0 Å². The van der Waals surface area contributed by atoms with E-state index in [-0.39, 0.29) is 12.3 Å². The van der Waals surface area contributed by atoms with Crippen molar-refractivity contribution in [3.63, 3.8) is 0 Å². The molecule has 7 nitrogen and oxygen atoms in total.